The highest BCUT2D eigenvalue weighted by atomic mass is 16.5. The van der Waals surface area contributed by atoms with Crippen molar-refractivity contribution >= 4 is 22.8 Å². The third-order valence-corrected chi connectivity index (χ3v) is 6.34. The van der Waals surface area contributed by atoms with Crippen molar-refractivity contribution in [1.29, 1.82) is 0 Å². The van der Waals surface area contributed by atoms with Crippen molar-refractivity contribution in [3.05, 3.63) is 47.9 Å². The third-order valence-electron chi connectivity index (χ3n) is 6.34. The Hall–Kier alpha value is -2.76. The molecule has 5 unspecified atom stereocenters. The van der Waals surface area contributed by atoms with Crippen LogP contribution in [0.4, 0.5) is 0 Å². The smallest absolute Gasteiger partial charge is 0.328 e. The molecular formula is C21H22N2O4. The van der Waals surface area contributed by atoms with Gasteiger partial charge in [0.25, 0.3) is 0 Å². The van der Waals surface area contributed by atoms with Gasteiger partial charge in [-0.3, -0.25) is 4.79 Å². The number of hydrogen-bond acceptors (Lipinski definition) is 4. The van der Waals surface area contributed by atoms with E-state index in [1.165, 1.54) is 7.11 Å². The third kappa shape index (κ3) is 2.25. The largest absolute Gasteiger partial charge is 0.498 e. The summed E-state index contributed by atoms with van der Waals surface area (Å²) in [6.07, 6.45) is 4.74. The minimum atomic E-state index is -0.599. The molecule has 0 bridgehead atoms. The highest BCUT2D eigenvalue weighted by molar-refractivity contribution is 5.92. The number of amides is 1. The summed E-state index contributed by atoms with van der Waals surface area (Å²) in [5, 5.41) is 1.12. The van der Waals surface area contributed by atoms with Crippen molar-refractivity contribution in [2.75, 3.05) is 7.11 Å². The van der Waals surface area contributed by atoms with Gasteiger partial charge in [-0.25, -0.2) is 4.79 Å². The van der Waals surface area contributed by atoms with Gasteiger partial charge in [0, 0.05) is 23.0 Å². The number of carbonyl (C=O) groups is 2. The molecule has 1 fully saturated rings. The molecule has 1 aromatic carbocycles. The summed E-state index contributed by atoms with van der Waals surface area (Å²) in [6, 6.07) is 7.34. The second-order valence-electron chi connectivity index (χ2n) is 7.66. The fourth-order valence-corrected chi connectivity index (χ4v) is 5.11. The zero-order chi connectivity index (χ0) is 18.7. The molecular weight excluding hydrogens is 344 g/mol. The Kier molecular flexibility index (Phi) is 3.57. The second-order valence-corrected chi connectivity index (χ2v) is 7.66. The molecule has 1 saturated heterocycles. The predicted octanol–water partition coefficient (Wildman–Crippen LogP) is 2.70. The van der Waals surface area contributed by atoms with Crippen molar-refractivity contribution in [2.45, 2.75) is 38.0 Å². The highest BCUT2D eigenvalue weighted by Gasteiger charge is 2.52. The van der Waals surface area contributed by atoms with Crippen LogP contribution in [0.2, 0.25) is 0 Å². The lowest BCUT2D eigenvalue weighted by molar-refractivity contribution is -0.166. The number of ether oxygens (including phenoxy) is 2. The fraction of sp³-hybridized carbons (Fsp3) is 0.429. The average molecular weight is 366 g/mol. The molecule has 5 rings (SSSR count). The maximum atomic E-state index is 13.5. The zero-order valence-corrected chi connectivity index (χ0v) is 15.3. The van der Waals surface area contributed by atoms with Gasteiger partial charge in [0.15, 0.2) is 0 Å². The topological polar surface area (TPSA) is 71.6 Å². The minimum absolute atomic E-state index is 0.0205. The van der Waals surface area contributed by atoms with Crippen LogP contribution in [0.3, 0.4) is 0 Å². The quantitative estimate of drug-likeness (QED) is 0.788. The van der Waals surface area contributed by atoms with Crippen molar-refractivity contribution in [3.63, 3.8) is 0 Å². The van der Waals surface area contributed by atoms with Gasteiger partial charge in [-0.15, -0.1) is 0 Å². The number of para-hydroxylation sites is 1. The number of nitrogens with one attached hydrogen (secondary N) is 1. The summed E-state index contributed by atoms with van der Waals surface area (Å²) in [5.74, 6) is -0.530. The Labute approximate surface area is 157 Å². The molecule has 6 heteroatoms. The number of piperidine rings is 1. The number of benzene rings is 1. The van der Waals surface area contributed by atoms with Crippen LogP contribution in [0.5, 0.6) is 0 Å². The normalized spacial score (nSPS) is 31.7. The molecule has 1 N–H and O–H groups in total. The summed E-state index contributed by atoms with van der Waals surface area (Å²) in [5.41, 5.74) is 3.21. The summed E-state index contributed by atoms with van der Waals surface area (Å²) < 4.78 is 10.7. The first-order chi connectivity index (χ1) is 13.1. The van der Waals surface area contributed by atoms with Gasteiger partial charge in [0.1, 0.15) is 12.1 Å². The first kappa shape index (κ1) is 16.4. The molecule has 2 aromatic rings. The average Bonchev–Trinajstić information content (AvgIpc) is 3.06. The standard InChI is InChI=1S/C21H22N2O4/c1-11-18-12(7-8-27-11)9-16-19-14(13-5-3-4-6-15(13)22-19)10-17(21(25)26-2)23(16)20(18)24/h3-8,11-12,16-18,22H,9-10H2,1-2H3. The van der Waals surface area contributed by atoms with Crippen LogP contribution < -0.4 is 0 Å². The molecule has 0 aliphatic carbocycles. The van der Waals surface area contributed by atoms with Gasteiger partial charge in [-0.1, -0.05) is 18.2 Å². The number of aromatic nitrogens is 1. The molecule has 27 heavy (non-hydrogen) atoms. The summed E-state index contributed by atoms with van der Waals surface area (Å²) in [7, 11) is 1.38. The van der Waals surface area contributed by atoms with Crippen molar-refractivity contribution in [2.24, 2.45) is 11.8 Å². The van der Waals surface area contributed by atoms with E-state index in [-0.39, 0.29) is 35.9 Å². The van der Waals surface area contributed by atoms with Crippen LogP contribution in [-0.2, 0) is 25.5 Å². The number of esters is 1. The molecule has 6 nitrogen and oxygen atoms in total. The van der Waals surface area contributed by atoms with Crippen LogP contribution in [0, 0.1) is 11.8 Å². The van der Waals surface area contributed by atoms with Gasteiger partial charge in [0.05, 0.1) is 25.3 Å². The summed E-state index contributed by atoms with van der Waals surface area (Å²) in [4.78, 5) is 31.3. The lowest BCUT2D eigenvalue weighted by atomic mass is 9.73. The van der Waals surface area contributed by atoms with Crippen molar-refractivity contribution < 1.29 is 19.1 Å². The van der Waals surface area contributed by atoms with E-state index in [1.54, 1.807) is 11.2 Å². The van der Waals surface area contributed by atoms with Gasteiger partial charge in [-0.2, -0.15) is 0 Å². The molecule has 0 saturated carbocycles. The molecule has 0 radical (unpaired) electrons. The number of hydrogen-bond donors (Lipinski definition) is 1. The Balaban J connectivity index is 1.67. The molecule has 140 valence electrons. The van der Waals surface area contributed by atoms with Crippen LogP contribution in [0.25, 0.3) is 10.9 Å². The highest BCUT2D eigenvalue weighted by Crippen LogP contribution is 2.47. The number of nitrogens with zero attached hydrogens (tertiary/aromatic N) is 1. The van der Waals surface area contributed by atoms with Crippen molar-refractivity contribution in [3.8, 4) is 0 Å². The van der Waals surface area contributed by atoms with Gasteiger partial charge in [0.2, 0.25) is 5.91 Å². The van der Waals surface area contributed by atoms with Crippen LogP contribution in [0.1, 0.15) is 30.6 Å². The Morgan fingerprint density at radius 1 is 1.33 bits per heavy atom. The fourth-order valence-electron chi connectivity index (χ4n) is 5.11. The molecule has 0 spiro atoms. The monoisotopic (exact) mass is 366 g/mol. The zero-order valence-electron chi connectivity index (χ0n) is 15.3. The molecule has 1 amide bonds. The number of carbonyl (C=O) groups excluding carboxylic acids is 2. The second kappa shape index (κ2) is 5.87. The number of aromatic amines is 1. The predicted molar refractivity (Wildman–Crippen MR) is 98.7 cm³/mol. The lowest BCUT2D eigenvalue weighted by Crippen LogP contribution is -2.59. The van der Waals surface area contributed by atoms with Gasteiger partial charge < -0.3 is 19.4 Å². The van der Waals surface area contributed by atoms with Crippen LogP contribution >= 0.6 is 0 Å². The number of methoxy groups -OCH3 is 1. The molecule has 3 aliphatic heterocycles. The number of H-pyrrole nitrogens is 1. The molecule has 1 aromatic heterocycles. The first-order valence-electron chi connectivity index (χ1n) is 9.41. The van der Waals surface area contributed by atoms with Gasteiger partial charge >= 0.3 is 5.97 Å². The summed E-state index contributed by atoms with van der Waals surface area (Å²) in [6.45, 7) is 1.92. The van der Waals surface area contributed by atoms with E-state index in [4.69, 9.17) is 9.47 Å². The van der Waals surface area contributed by atoms with E-state index in [0.29, 0.717) is 6.42 Å². The number of fused-ring (bicyclic) bond motifs is 6. The minimum Gasteiger partial charge on any atom is -0.498 e. The maximum Gasteiger partial charge on any atom is 0.328 e. The van der Waals surface area contributed by atoms with E-state index < -0.39 is 6.04 Å². The lowest BCUT2D eigenvalue weighted by Gasteiger charge is -2.49. The first-order valence-corrected chi connectivity index (χ1v) is 9.41. The van der Waals surface area contributed by atoms with E-state index >= 15 is 0 Å². The molecule has 5 atom stereocenters. The Morgan fingerprint density at radius 3 is 2.96 bits per heavy atom. The van der Waals surface area contributed by atoms with Crippen LogP contribution in [0.15, 0.2) is 36.6 Å². The van der Waals surface area contributed by atoms with E-state index in [9.17, 15) is 9.59 Å². The van der Waals surface area contributed by atoms with Crippen molar-refractivity contribution in [1.82, 2.24) is 9.88 Å². The van der Waals surface area contributed by atoms with Crippen LogP contribution in [-0.4, -0.2) is 41.0 Å². The molecule has 4 heterocycles. The van der Waals surface area contributed by atoms with E-state index in [2.05, 4.69) is 11.1 Å². The van der Waals surface area contributed by atoms with Gasteiger partial charge in [-0.05, 0) is 37.0 Å². The Bertz CT molecular complexity index is 962. The number of allylic oxidation sites excluding steroid dienone is 1. The SMILES string of the molecule is COC(=O)C1Cc2c([nH]c3ccccc23)C2CC3C=COC(C)C3C(=O)N12. The molecule has 3 aliphatic rings. The number of rotatable bonds is 1. The van der Waals surface area contributed by atoms with E-state index in [0.717, 1.165) is 28.6 Å². The Morgan fingerprint density at radius 2 is 2.15 bits per heavy atom. The maximum absolute atomic E-state index is 13.5. The summed E-state index contributed by atoms with van der Waals surface area (Å²) >= 11 is 0. The van der Waals surface area contributed by atoms with E-state index in [1.807, 2.05) is 31.2 Å².